The standard InChI is InChI=1S/C15H17N3O2/c1-11(2)17-15(20)12-6-7-14(19)18(9-12)10-13-5-3-4-8-16-13/h3-9,11H,10H2,1-2H3,(H,17,20). The van der Waals surface area contributed by atoms with Crippen LogP contribution in [0.1, 0.15) is 29.9 Å². The lowest BCUT2D eigenvalue weighted by molar-refractivity contribution is 0.0942. The molecule has 1 N–H and O–H groups in total. The van der Waals surface area contributed by atoms with Crippen molar-refractivity contribution in [2.45, 2.75) is 26.4 Å². The number of rotatable bonds is 4. The van der Waals surface area contributed by atoms with Gasteiger partial charge in [0.15, 0.2) is 0 Å². The second-order valence-electron chi connectivity index (χ2n) is 4.83. The van der Waals surface area contributed by atoms with Crippen LogP contribution in [0.25, 0.3) is 0 Å². The second-order valence-corrected chi connectivity index (χ2v) is 4.83. The van der Waals surface area contributed by atoms with E-state index in [4.69, 9.17) is 0 Å². The molecule has 5 heteroatoms. The van der Waals surface area contributed by atoms with Gasteiger partial charge in [-0.15, -0.1) is 0 Å². The molecule has 2 aromatic rings. The number of hydrogen-bond donors (Lipinski definition) is 1. The van der Waals surface area contributed by atoms with Gasteiger partial charge in [-0.25, -0.2) is 0 Å². The third-order valence-electron chi connectivity index (χ3n) is 2.72. The lowest BCUT2D eigenvalue weighted by Crippen LogP contribution is -2.31. The summed E-state index contributed by atoms with van der Waals surface area (Å²) in [5.74, 6) is -0.185. The molecular formula is C15H17N3O2. The van der Waals surface area contributed by atoms with Crippen LogP contribution >= 0.6 is 0 Å². The van der Waals surface area contributed by atoms with Crippen molar-refractivity contribution in [3.05, 3.63) is 64.3 Å². The average Bonchev–Trinajstić information content (AvgIpc) is 2.41. The number of hydrogen-bond acceptors (Lipinski definition) is 3. The Labute approximate surface area is 117 Å². The van der Waals surface area contributed by atoms with Gasteiger partial charge in [-0.1, -0.05) is 6.07 Å². The zero-order valence-corrected chi connectivity index (χ0v) is 11.5. The van der Waals surface area contributed by atoms with Crippen molar-refractivity contribution < 1.29 is 4.79 Å². The van der Waals surface area contributed by atoms with E-state index in [1.807, 2.05) is 32.0 Å². The normalized spacial score (nSPS) is 10.6. The van der Waals surface area contributed by atoms with Crippen LogP contribution in [-0.4, -0.2) is 21.5 Å². The van der Waals surface area contributed by atoms with Crippen LogP contribution < -0.4 is 10.9 Å². The van der Waals surface area contributed by atoms with Crippen LogP contribution in [0.2, 0.25) is 0 Å². The maximum Gasteiger partial charge on any atom is 0.252 e. The molecule has 0 aliphatic heterocycles. The fourth-order valence-electron chi connectivity index (χ4n) is 1.80. The summed E-state index contributed by atoms with van der Waals surface area (Å²) >= 11 is 0. The van der Waals surface area contributed by atoms with E-state index in [1.165, 1.54) is 16.7 Å². The van der Waals surface area contributed by atoms with Gasteiger partial charge in [-0.05, 0) is 32.0 Å². The zero-order valence-electron chi connectivity index (χ0n) is 11.5. The molecule has 0 saturated heterocycles. The SMILES string of the molecule is CC(C)NC(=O)c1ccc(=O)n(Cc2ccccn2)c1. The highest BCUT2D eigenvalue weighted by molar-refractivity contribution is 5.93. The molecule has 0 atom stereocenters. The predicted octanol–water partition coefficient (Wildman–Crippen LogP) is 1.43. The highest BCUT2D eigenvalue weighted by Crippen LogP contribution is 2.00. The Kier molecular flexibility index (Phi) is 4.30. The van der Waals surface area contributed by atoms with Crippen molar-refractivity contribution in [1.29, 1.82) is 0 Å². The van der Waals surface area contributed by atoms with Crippen molar-refractivity contribution in [3.8, 4) is 0 Å². The first-order valence-electron chi connectivity index (χ1n) is 6.47. The number of carbonyl (C=O) groups excluding carboxylic acids is 1. The summed E-state index contributed by atoms with van der Waals surface area (Å²) in [7, 11) is 0. The van der Waals surface area contributed by atoms with Crippen molar-refractivity contribution in [3.63, 3.8) is 0 Å². The first kappa shape index (κ1) is 14.0. The predicted molar refractivity (Wildman–Crippen MR) is 76.6 cm³/mol. The van der Waals surface area contributed by atoms with Gasteiger partial charge in [0.25, 0.3) is 11.5 Å². The number of amides is 1. The van der Waals surface area contributed by atoms with Crippen molar-refractivity contribution in [2.75, 3.05) is 0 Å². The Hall–Kier alpha value is -2.43. The molecule has 0 bridgehead atoms. The summed E-state index contributed by atoms with van der Waals surface area (Å²) < 4.78 is 1.48. The lowest BCUT2D eigenvalue weighted by Gasteiger charge is -2.10. The molecule has 0 spiro atoms. The molecule has 104 valence electrons. The van der Waals surface area contributed by atoms with E-state index in [-0.39, 0.29) is 17.5 Å². The number of carbonyl (C=O) groups is 1. The Morgan fingerprint density at radius 2 is 2.10 bits per heavy atom. The molecule has 0 saturated carbocycles. The molecule has 2 rings (SSSR count). The van der Waals surface area contributed by atoms with E-state index in [9.17, 15) is 9.59 Å². The van der Waals surface area contributed by atoms with Crippen LogP contribution in [0.4, 0.5) is 0 Å². The fraction of sp³-hybridized carbons (Fsp3) is 0.267. The highest BCUT2D eigenvalue weighted by Gasteiger charge is 2.09. The molecule has 1 amide bonds. The highest BCUT2D eigenvalue weighted by atomic mass is 16.2. The van der Waals surface area contributed by atoms with Gasteiger partial charge in [0, 0.05) is 24.5 Å². The monoisotopic (exact) mass is 271 g/mol. The molecule has 0 aromatic carbocycles. The van der Waals surface area contributed by atoms with Crippen LogP contribution in [0.3, 0.4) is 0 Å². The van der Waals surface area contributed by atoms with Gasteiger partial charge >= 0.3 is 0 Å². The van der Waals surface area contributed by atoms with Gasteiger partial charge < -0.3 is 9.88 Å². The fourth-order valence-corrected chi connectivity index (χ4v) is 1.80. The van der Waals surface area contributed by atoms with E-state index >= 15 is 0 Å². The molecule has 5 nitrogen and oxygen atoms in total. The molecule has 20 heavy (non-hydrogen) atoms. The number of nitrogens with zero attached hydrogens (tertiary/aromatic N) is 2. The Balaban J connectivity index is 2.25. The summed E-state index contributed by atoms with van der Waals surface area (Å²) in [5.41, 5.74) is 1.09. The van der Waals surface area contributed by atoms with Crippen molar-refractivity contribution in [1.82, 2.24) is 14.9 Å². The number of nitrogens with one attached hydrogen (secondary N) is 1. The molecule has 0 fully saturated rings. The molecule has 0 aliphatic rings. The van der Waals surface area contributed by atoms with Crippen LogP contribution in [-0.2, 0) is 6.54 Å². The minimum Gasteiger partial charge on any atom is -0.350 e. The number of aromatic nitrogens is 2. The van der Waals surface area contributed by atoms with Gasteiger partial charge in [0.2, 0.25) is 0 Å². The maximum absolute atomic E-state index is 11.9. The lowest BCUT2D eigenvalue weighted by atomic mass is 10.2. The van der Waals surface area contributed by atoms with Crippen LogP contribution in [0.5, 0.6) is 0 Å². The third-order valence-corrected chi connectivity index (χ3v) is 2.72. The average molecular weight is 271 g/mol. The Bertz CT molecular complexity index is 648. The molecule has 0 aliphatic carbocycles. The Morgan fingerprint density at radius 1 is 1.30 bits per heavy atom. The topological polar surface area (TPSA) is 64.0 Å². The van der Waals surface area contributed by atoms with Crippen molar-refractivity contribution >= 4 is 5.91 Å². The summed E-state index contributed by atoms with van der Waals surface area (Å²) in [4.78, 5) is 27.9. The summed E-state index contributed by atoms with van der Waals surface area (Å²) in [6.07, 6.45) is 3.24. The first-order valence-corrected chi connectivity index (χ1v) is 6.47. The molecular weight excluding hydrogens is 254 g/mol. The summed E-state index contributed by atoms with van der Waals surface area (Å²) in [5, 5.41) is 2.80. The molecule has 0 unspecified atom stereocenters. The minimum atomic E-state index is -0.185. The van der Waals surface area contributed by atoms with E-state index in [0.717, 1.165) is 5.69 Å². The Morgan fingerprint density at radius 3 is 2.75 bits per heavy atom. The molecule has 2 aromatic heterocycles. The van der Waals surface area contributed by atoms with E-state index in [2.05, 4.69) is 10.3 Å². The summed E-state index contributed by atoms with van der Waals surface area (Å²) in [6, 6.07) is 8.51. The van der Waals surface area contributed by atoms with Gasteiger partial charge in [-0.2, -0.15) is 0 Å². The van der Waals surface area contributed by atoms with Gasteiger partial charge in [-0.3, -0.25) is 14.6 Å². The zero-order chi connectivity index (χ0) is 14.5. The van der Waals surface area contributed by atoms with E-state index in [0.29, 0.717) is 12.1 Å². The molecule has 2 heterocycles. The van der Waals surface area contributed by atoms with Crippen LogP contribution in [0, 0.1) is 0 Å². The molecule has 0 radical (unpaired) electrons. The third kappa shape index (κ3) is 3.54. The first-order chi connectivity index (χ1) is 9.56. The smallest absolute Gasteiger partial charge is 0.252 e. The maximum atomic E-state index is 11.9. The van der Waals surface area contributed by atoms with E-state index < -0.39 is 0 Å². The minimum absolute atomic E-state index is 0.0543. The van der Waals surface area contributed by atoms with Crippen molar-refractivity contribution in [2.24, 2.45) is 0 Å². The van der Waals surface area contributed by atoms with Gasteiger partial charge in [0.1, 0.15) is 0 Å². The number of pyridine rings is 2. The largest absolute Gasteiger partial charge is 0.350 e. The van der Waals surface area contributed by atoms with Crippen LogP contribution in [0.15, 0.2) is 47.5 Å². The second kappa shape index (κ2) is 6.14. The van der Waals surface area contributed by atoms with Gasteiger partial charge in [0.05, 0.1) is 17.8 Å². The summed E-state index contributed by atoms with van der Waals surface area (Å²) in [6.45, 7) is 4.13. The van der Waals surface area contributed by atoms with E-state index in [1.54, 1.807) is 12.4 Å². The quantitative estimate of drug-likeness (QED) is 0.915.